The number of allylic oxidation sites excluding steroid dienone is 1. The lowest BCUT2D eigenvalue weighted by molar-refractivity contribution is -0.119. The Kier molecular flexibility index (Phi) is 3.46. The number of nitrogens with two attached hydrogens (primary N) is 1. The molecule has 0 fully saturated rings. The molecule has 0 aliphatic carbocycles. The monoisotopic (exact) mass is 189 g/mol. The molecule has 0 saturated heterocycles. The molecule has 1 aromatic carbocycles. The van der Waals surface area contributed by atoms with Gasteiger partial charge in [0.1, 0.15) is 0 Å². The van der Waals surface area contributed by atoms with Crippen LogP contribution >= 0.6 is 0 Å². The molecule has 2 N–H and O–H groups in total. The number of amides is 1. The zero-order valence-electron chi connectivity index (χ0n) is 8.36. The van der Waals surface area contributed by atoms with Crippen LogP contribution in [0.3, 0.4) is 0 Å². The number of rotatable bonds is 4. The normalized spacial score (nSPS) is 12.1. The topological polar surface area (TPSA) is 43.1 Å². The maximum atomic E-state index is 11.1. The first-order valence-electron chi connectivity index (χ1n) is 4.62. The Morgan fingerprint density at radius 2 is 2.07 bits per heavy atom. The number of primary amides is 1. The van der Waals surface area contributed by atoms with Gasteiger partial charge in [0.25, 0.3) is 0 Å². The molecule has 1 aromatic rings. The summed E-state index contributed by atoms with van der Waals surface area (Å²) >= 11 is 0. The van der Waals surface area contributed by atoms with Gasteiger partial charge in [0, 0.05) is 0 Å². The molecule has 0 radical (unpaired) electrons. The molecule has 0 aromatic heterocycles. The quantitative estimate of drug-likeness (QED) is 0.724. The van der Waals surface area contributed by atoms with Gasteiger partial charge in [-0.05, 0) is 18.9 Å². The smallest absolute Gasteiger partial charge is 0.225 e. The van der Waals surface area contributed by atoms with Crippen LogP contribution < -0.4 is 5.73 Å². The van der Waals surface area contributed by atoms with E-state index in [4.69, 9.17) is 5.73 Å². The lowest BCUT2D eigenvalue weighted by Gasteiger charge is -2.11. The van der Waals surface area contributed by atoms with Crippen molar-refractivity contribution in [3.05, 3.63) is 48.0 Å². The van der Waals surface area contributed by atoms with Crippen LogP contribution in [-0.4, -0.2) is 5.91 Å². The first-order valence-corrected chi connectivity index (χ1v) is 4.62. The van der Waals surface area contributed by atoms with Gasteiger partial charge in [-0.25, -0.2) is 0 Å². The second-order valence-corrected chi connectivity index (χ2v) is 3.39. The fourth-order valence-corrected chi connectivity index (χ4v) is 1.38. The number of aryl methyl sites for hydroxylation is 1. The molecular weight excluding hydrogens is 174 g/mol. The average Bonchev–Trinajstić information content (AvgIpc) is 2.15. The summed E-state index contributed by atoms with van der Waals surface area (Å²) in [6.07, 6.45) is 2.31. The molecule has 0 aliphatic rings. The molecule has 14 heavy (non-hydrogen) atoms. The van der Waals surface area contributed by atoms with Crippen molar-refractivity contribution in [2.45, 2.75) is 19.3 Å². The highest BCUT2D eigenvalue weighted by Crippen LogP contribution is 2.19. The van der Waals surface area contributed by atoms with E-state index >= 15 is 0 Å². The third-order valence-electron chi connectivity index (χ3n) is 2.23. The van der Waals surface area contributed by atoms with Crippen LogP contribution in [0.5, 0.6) is 0 Å². The number of carbonyl (C=O) groups excluding carboxylic acids is 1. The number of hydrogen-bond donors (Lipinski definition) is 1. The summed E-state index contributed by atoms with van der Waals surface area (Å²) in [5.41, 5.74) is 7.44. The summed E-state index contributed by atoms with van der Waals surface area (Å²) in [7, 11) is 0. The Balaban J connectivity index is 2.93. The van der Waals surface area contributed by atoms with E-state index in [-0.39, 0.29) is 11.8 Å². The third kappa shape index (κ3) is 2.46. The summed E-state index contributed by atoms with van der Waals surface area (Å²) in [5.74, 6) is -0.540. The van der Waals surface area contributed by atoms with Crippen LogP contribution in [0.2, 0.25) is 0 Å². The van der Waals surface area contributed by atoms with Crippen LogP contribution in [0.15, 0.2) is 36.9 Å². The van der Waals surface area contributed by atoms with Crippen molar-refractivity contribution in [2.75, 3.05) is 0 Å². The molecule has 2 nitrogen and oxygen atoms in total. The van der Waals surface area contributed by atoms with Gasteiger partial charge in [0.2, 0.25) is 5.91 Å². The molecule has 0 unspecified atom stereocenters. The molecule has 0 heterocycles. The highest BCUT2D eigenvalue weighted by molar-refractivity contribution is 5.82. The second kappa shape index (κ2) is 4.61. The summed E-state index contributed by atoms with van der Waals surface area (Å²) < 4.78 is 0. The van der Waals surface area contributed by atoms with Gasteiger partial charge in [-0.1, -0.05) is 35.9 Å². The van der Waals surface area contributed by atoms with Crippen molar-refractivity contribution in [1.29, 1.82) is 0 Å². The van der Waals surface area contributed by atoms with E-state index in [2.05, 4.69) is 6.58 Å². The Labute approximate surface area is 84.4 Å². The van der Waals surface area contributed by atoms with Crippen molar-refractivity contribution in [1.82, 2.24) is 0 Å². The standard InChI is InChI=1S/C12H15NO/c1-3-4-11(12(13)14)10-7-5-9(2)6-8-10/h3,5-8,11H,1,4H2,2H3,(H2,13,14)/t11-/m1/s1. The Morgan fingerprint density at radius 1 is 1.50 bits per heavy atom. The Morgan fingerprint density at radius 3 is 2.50 bits per heavy atom. The minimum atomic E-state index is -0.297. The molecule has 74 valence electrons. The predicted octanol–water partition coefficient (Wildman–Crippen LogP) is 2.14. The fraction of sp³-hybridized carbons (Fsp3) is 0.250. The average molecular weight is 189 g/mol. The van der Waals surface area contributed by atoms with E-state index in [0.29, 0.717) is 6.42 Å². The predicted molar refractivity (Wildman–Crippen MR) is 57.9 cm³/mol. The van der Waals surface area contributed by atoms with Gasteiger partial charge < -0.3 is 5.73 Å². The highest BCUT2D eigenvalue weighted by Gasteiger charge is 2.15. The van der Waals surface area contributed by atoms with Crippen LogP contribution in [0, 0.1) is 6.92 Å². The first kappa shape index (κ1) is 10.5. The number of benzene rings is 1. The maximum absolute atomic E-state index is 11.1. The molecule has 0 saturated carbocycles. The van der Waals surface area contributed by atoms with E-state index in [1.54, 1.807) is 6.08 Å². The molecule has 0 aliphatic heterocycles. The van der Waals surface area contributed by atoms with Gasteiger partial charge in [0.05, 0.1) is 5.92 Å². The van der Waals surface area contributed by atoms with Gasteiger partial charge in [-0.3, -0.25) is 4.79 Å². The van der Waals surface area contributed by atoms with E-state index in [1.807, 2.05) is 31.2 Å². The van der Waals surface area contributed by atoms with Crippen LogP contribution in [0.25, 0.3) is 0 Å². The minimum Gasteiger partial charge on any atom is -0.369 e. The summed E-state index contributed by atoms with van der Waals surface area (Å²) in [6.45, 7) is 5.63. The zero-order valence-corrected chi connectivity index (χ0v) is 8.36. The second-order valence-electron chi connectivity index (χ2n) is 3.39. The number of hydrogen-bond acceptors (Lipinski definition) is 1. The lowest BCUT2D eigenvalue weighted by Crippen LogP contribution is -2.20. The molecule has 2 heteroatoms. The van der Waals surface area contributed by atoms with Crippen molar-refractivity contribution in [3.8, 4) is 0 Å². The lowest BCUT2D eigenvalue weighted by atomic mass is 9.94. The van der Waals surface area contributed by atoms with Crippen molar-refractivity contribution in [3.63, 3.8) is 0 Å². The molecular formula is C12H15NO. The van der Waals surface area contributed by atoms with Crippen molar-refractivity contribution < 1.29 is 4.79 Å². The van der Waals surface area contributed by atoms with Gasteiger partial charge in [-0.2, -0.15) is 0 Å². The summed E-state index contributed by atoms with van der Waals surface area (Å²) in [4.78, 5) is 11.1. The molecule has 1 amide bonds. The van der Waals surface area contributed by atoms with Crippen molar-refractivity contribution >= 4 is 5.91 Å². The van der Waals surface area contributed by atoms with Crippen LogP contribution in [0.1, 0.15) is 23.5 Å². The Hall–Kier alpha value is -1.57. The van der Waals surface area contributed by atoms with E-state index < -0.39 is 0 Å². The SMILES string of the molecule is C=CC[C@@H](C(N)=O)c1ccc(C)cc1. The molecule has 0 bridgehead atoms. The summed E-state index contributed by atoms with van der Waals surface area (Å²) in [5, 5.41) is 0. The number of carbonyl (C=O) groups is 1. The third-order valence-corrected chi connectivity index (χ3v) is 2.23. The van der Waals surface area contributed by atoms with Crippen LogP contribution in [0.4, 0.5) is 0 Å². The first-order chi connectivity index (χ1) is 6.65. The largest absolute Gasteiger partial charge is 0.369 e. The van der Waals surface area contributed by atoms with Gasteiger partial charge in [0.15, 0.2) is 0 Å². The van der Waals surface area contributed by atoms with E-state index in [0.717, 1.165) is 5.56 Å². The van der Waals surface area contributed by atoms with Crippen molar-refractivity contribution in [2.24, 2.45) is 5.73 Å². The summed E-state index contributed by atoms with van der Waals surface area (Å²) in [6, 6.07) is 7.84. The molecule has 0 spiro atoms. The Bertz CT molecular complexity index is 327. The van der Waals surface area contributed by atoms with E-state index in [9.17, 15) is 4.79 Å². The zero-order chi connectivity index (χ0) is 10.6. The molecule has 1 atom stereocenters. The van der Waals surface area contributed by atoms with E-state index in [1.165, 1.54) is 5.56 Å². The van der Waals surface area contributed by atoms with Gasteiger partial charge >= 0.3 is 0 Å². The maximum Gasteiger partial charge on any atom is 0.225 e. The highest BCUT2D eigenvalue weighted by atomic mass is 16.1. The molecule has 1 rings (SSSR count). The fourth-order valence-electron chi connectivity index (χ4n) is 1.38. The van der Waals surface area contributed by atoms with Gasteiger partial charge in [-0.15, -0.1) is 6.58 Å². The minimum absolute atomic E-state index is 0.243. The van der Waals surface area contributed by atoms with Crippen LogP contribution in [-0.2, 0) is 4.79 Å².